The van der Waals surface area contributed by atoms with E-state index in [4.69, 9.17) is 9.47 Å². The molecule has 0 spiro atoms. The fraction of sp³-hybridized carbons (Fsp3) is 0.727. The highest BCUT2D eigenvalue weighted by atomic mass is 32.2. The molecule has 130 valence electrons. The Hall–Kier alpha value is -1.34. The van der Waals surface area contributed by atoms with Gasteiger partial charge < -0.3 is 14.4 Å². The molecule has 1 N–H and O–H groups in total. The topological polar surface area (TPSA) is 114 Å². The molecule has 0 saturated carbocycles. The fourth-order valence-corrected chi connectivity index (χ4v) is 3.75. The SMILES string of the molecule is CC(C1OCCO1)N(C)C(=O)Nc1nnc(S(=O)(=O)N(C)C)s1. The van der Waals surface area contributed by atoms with Crippen LogP contribution in [-0.2, 0) is 19.5 Å². The van der Waals surface area contributed by atoms with E-state index in [1.165, 1.54) is 19.0 Å². The summed E-state index contributed by atoms with van der Waals surface area (Å²) in [6, 6.07) is -0.767. The average molecular weight is 365 g/mol. The predicted octanol–water partition coefficient (Wildman–Crippen LogP) is 0.0135. The highest BCUT2D eigenvalue weighted by Gasteiger charge is 2.30. The summed E-state index contributed by atoms with van der Waals surface area (Å²) in [6.45, 7) is 2.77. The molecule has 12 heteroatoms. The standard InChI is InChI=1S/C11H19N5O5S2/c1-7(8-20-5-6-21-8)16(4)10(17)12-9-13-14-11(22-9)23(18,19)15(2)3/h7-8H,5-6H2,1-4H3,(H,12,13,17). The van der Waals surface area contributed by atoms with Gasteiger partial charge in [0.1, 0.15) is 0 Å². The maximum absolute atomic E-state index is 12.2. The van der Waals surface area contributed by atoms with Crippen LogP contribution in [0.2, 0.25) is 0 Å². The number of likely N-dealkylation sites (N-methyl/N-ethyl adjacent to an activating group) is 1. The maximum atomic E-state index is 12.2. The molecule has 1 aromatic rings. The average Bonchev–Trinajstić information content (AvgIpc) is 3.16. The lowest BCUT2D eigenvalue weighted by Gasteiger charge is -2.27. The van der Waals surface area contributed by atoms with Crippen LogP contribution in [0.15, 0.2) is 4.34 Å². The van der Waals surface area contributed by atoms with Crippen molar-refractivity contribution in [2.45, 2.75) is 23.6 Å². The summed E-state index contributed by atoms with van der Waals surface area (Å²) in [4.78, 5) is 13.6. The van der Waals surface area contributed by atoms with Crippen LogP contribution in [0.5, 0.6) is 0 Å². The summed E-state index contributed by atoms with van der Waals surface area (Å²) in [6.07, 6.45) is -0.482. The second-order valence-electron chi connectivity index (χ2n) is 5.05. The number of nitrogens with one attached hydrogen (secondary N) is 1. The van der Waals surface area contributed by atoms with Gasteiger partial charge in [-0.3, -0.25) is 5.32 Å². The number of rotatable bonds is 5. The molecule has 1 aliphatic heterocycles. The number of aromatic nitrogens is 2. The van der Waals surface area contributed by atoms with Gasteiger partial charge in [-0.25, -0.2) is 17.5 Å². The highest BCUT2D eigenvalue weighted by molar-refractivity contribution is 7.91. The van der Waals surface area contributed by atoms with Crippen LogP contribution >= 0.6 is 11.3 Å². The van der Waals surface area contributed by atoms with Gasteiger partial charge in [-0.15, -0.1) is 10.2 Å². The summed E-state index contributed by atoms with van der Waals surface area (Å²) < 4.78 is 35.4. The summed E-state index contributed by atoms with van der Waals surface area (Å²) in [7, 11) is 0.708. The molecule has 1 aliphatic rings. The van der Waals surface area contributed by atoms with Gasteiger partial charge in [0.25, 0.3) is 10.0 Å². The van der Waals surface area contributed by atoms with Crippen molar-refractivity contribution in [1.29, 1.82) is 0 Å². The van der Waals surface area contributed by atoms with E-state index in [-0.39, 0.29) is 15.5 Å². The Kier molecular flexibility index (Phi) is 5.52. The number of carbonyl (C=O) groups excluding carboxylic acids is 1. The van der Waals surface area contributed by atoms with Gasteiger partial charge in [0.05, 0.1) is 19.3 Å². The molecule has 0 aliphatic carbocycles. The van der Waals surface area contributed by atoms with Crippen molar-refractivity contribution in [2.75, 3.05) is 39.7 Å². The first-order chi connectivity index (χ1) is 10.7. The van der Waals surface area contributed by atoms with Gasteiger partial charge in [-0.2, -0.15) is 0 Å². The Morgan fingerprint density at radius 3 is 2.48 bits per heavy atom. The minimum absolute atomic E-state index is 0.0998. The van der Waals surface area contributed by atoms with E-state index in [1.54, 1.807) is 14.0 Å². The van der Waals surface area contributed by atoms with Crippen molar-refractivity contribution in [1.82, 2.24) is 19.4 Å². The van der Waals surface area contributed by atoms with Crippen LogP contribution in [0.25, 0.3) is 0 Å². The first-order valence-electron chi connectivity index (χ1n) is 6.76. The van der Waals surface area contributed by atoms with E-state index in [9.17, 15) is 13.2 Å². The fourth-order valence-electron chi connectivity index (χ4n) is 1.72. The number of ether oxygens (including phenoxy) is 2. The van der Waals surface area contributed by atoms with Crippen LogP contribution in [0.1, 0.15) is 6.92 Å². The zero-order valence-electron chi connectivity index (χ0n) is 13.2. The predicted molar refractivity (Wildman–Crippen MR) is 82.7 cm³/mol. The van der Waals surface area contributed by atoms with Gasteiger partial charge in [0.15, 0.2) is 6.29 Å². The number of sulfonamides is 1. The molecule has 1 atom stereocenters. The number of carbonyl (C=O) groups is 1. The van der Waals surface area contributed by atoms with E-state index in [0.29, 0.717) is 13.2 Å². The largest absolute Gasteiger partial charge is 0.348 e. The molecule has 2 rings (SSSR count). The molecule has 1 fully saturated rings. The maximum Gasteiger partial charge on any atom is 0.323 e. The third-order valence-corrected chi connectivity index (χ3v) is 6.29. The number of urea groups is 1. The zero-order chi connectivity index (χ0) is 17.2. The number of anilines is 1. The van der Waals surface area contributed by atoms with Gasteiger partial charge in [-0.05, 0) is 6.92 Å². The highest BCUT2D eigenvalue weighted by Crippen LogP contribution is 2.22. The third-order valence-electron chi connectivity index (χ3n) is 3.29. The second kappa shape index (κ2) is 7.05. The summed E-state index contributed by atoms with van der Waals surface area (Å²) in [5.41, 5.74) is 0. The Balaban J connectivity index is 2.02. The molecule has 2 amide bonds. The van der Waals surface area contributed by atoms with Crippen molar-refractivity contribution in [2.24, 2.45) is 0 Å². The minimum Gasteiger partial charge on any atom is -0.348 e. The van der Waals surface area contributed by atoms with Crippen molar-refractivity contribution in [3.63, 3.8) is 0 Å². The van der Waals surface area contributed by atoms with E-state index < -0.39 is 22.3 Å². The van der Waals surface area contributed by atoms with Crippen LogP contribution in [0.4, 0.5) is 9.93 Å². The molecule has 0 aromatic carbocycles. The molecule has 23 heavy (non-hydrogen) atoms. The van der Waals surface area contributed by atoms with Crippen LogP contribution in [-0.4, -0.2) is 80.5 Å². The summed E-state index contributed by atoms with van der Waals surface area (Å²) in [5.74, 6) is 0. The monoisotopic (exact) mass is 365 g/mol. The molecular formula is C11H19N5O5S2. The second-order valence-corrected chi connectivity index (χ2v) is 8.36. The van der Waals surface area contributed by atoms with Crippen molar-refractivity contribution in [3.05, 3.63) is 0 Å². The van der Waals surface area contributed by atoms with Gasteiger partial charge in [-0.1, -0.05) is 11.3 Å². The van der Waals surface area contributed by atoms with Crippen LogP contribution in [0.3, 0.4) is 0 Å². The Morgan fingerprint density at radius 1 is 1.30 bits per heavy atom. The van der Waals surface area contributed by atoms with Crippen molar-refractivity contribution < 1.29 is 22.7 Å². The normalized spacial score (nSPS) is 17.4. The third kappa shape index (κ3) is 3.95. The number of amides is 2. The van der Waals surface area contributed by atoms with Gasteiger partial charge in [0, 0.05) is 21.1 Å². The molecule has 1 unspecified atom stereocenters. The molecule has 2 heterocycles. The molecule has 0 bridgehead atoms. The first kappa shape index (κ1) is 18.0. The zero-order valence-corrected chi connectivity index (χ0v) is 14.8. The van der Waals surface area contributed by atoms with Crippen molar-refractivity contribution >= 4 is 32.5 Å². The molecule has 10 nitrogen and oxygen atoms in total. The van der Waals surface area contributed by atoms with Crippen LogP contribution < -0.4 is 5.32 Å². The van der Waals surface area contributed by atoms with Crippen LogP contribution in [0, 0.1) is 0 Å². The van der Waals surface area contributed by atoms with Crippen molar-refractivity contribution in [3.8, 4) is 0 Å². The lowest BCUT2D eigenvalue weighted by molar-refractivity contribution is -0.0807. The summed E-state index contributed by atoms with van der Waals surface area (Å²) in [5, 5.41) is 9.90. The quantitative estimate of drug-likeness (QED) is 0.731. The first-order valence-corrected chi connectivity index (χ1v) is 9.02. The molecule has 1 saturated heterocycles. The minimum atomic E-state index is -3.67. The number of hydrogen-bond donors (Lipinski definition) is 1. The number of nitrogens with zero attached hydrogens (tertiary/aromatic N) is 4. The van der Waals surface area contributed by atoms with E-state index >= 15 is 0 Å². The van der Waals surface area contributed by atoms with E-state index in [0.717, 1.165) is 15.6 Å². The lowest BCUT2D eigenvalue weighted by Crippen LogP contribution is -2.45. The Bertz CT molecular complexity index is 656. The molecular weight excluding hydrogens is 346 g/mol. The lowest BCUT2D eigenvalue weighted by atomic mass is 10.3. The smallest absolute Gasteiger partial charge is 0.323 e. The summed E-state index contributed by atoms with van der Waals surface area (Å²) >= 11 is 0.785. The molecule has 1 aromatic heterocycles. The van der Waals surface area contributed by atoms with E-state index in [2.05, 4.69) is 15.5 Å². The Labute approximate surface area is 138 Å². The van der Waals surface area contributed by atoms with Gasteiger partial charge >= 0.3 is 6.03 Å². The van der Waals surface area contributed by atoms with Gasteiger partial charge in [0.2, 0.25) is 9.47 Å². The van der Waals surface area contributed by atoms with E-state index in [1.807, 2.05) is 0 Å². The Morgan fingerprint density at radius 2 is 1.91 bits per heavy atom. The number of hydrogen-bond acceptors (Lipinski definition) is 8. The molecule has 0 radical (unpaired) electrons.